The monoisotopic (exact) mass is 164 g/mol. The van der Waals surface area contributed by atoms with Crippen molar-refractivity contribution in [2.75, 3.05) is 0 Å². The summed E-state index contributed by atoms with van der Waals surface area (Å²) in [7, 11) is 0. The standard InChI is InChI=1S/C12H20/c1-2-4-8-12-10-6-5-9-11(12)7-3-1/h1-2,11-12H,3-10H2/b2-1-. The summed E-state index contributed by atoms with van der Waals surface area (Å²) >= 11 is 0. The summed E-state index contributed by atoms with van der Waals surface area (Å²) in [6.07, 6.45) is 16.5. The molecule has 0 heteroatoms. The molecule has 0 spiro atoms. The molecule has 0 aliphatic heterocycles. The summed E-state index contributed by atoms with van der Waals surface area (Å²) in [5.41, 5.74) is 0. The molecule has 2 aliphatic carbocycles. The first-order valence-electron chi connectivity index (χ1n) is 5.62. The highest BCUT2D eigenvalue weighted by Gasteiger charge is 2.24. The molecular formula is C12H20. The smallest absolute Gasteiger partial charge is 0.0348 e. The van der Waals surface area contributed by atoms with Gasteiger partial charge < -0.3 is 0 Å². The highest BCUT2D eigenvalue weighted by Crippen LogP contribution is 2.37. The van der Waals surface area contributed by atoms with Crippen LogP contribution in [0.4, 0.5) is 0 Å². The van der Waals surface area contributed by atoms with Crippen molar-refractivity contribution >= 4 is 0 Å². The van der Waals surface area contributed by atoms with E-state index in [4.69, 9.17) is 0 Å². The third kappa shape index (κ3) is 1.91. The Kier molecular flexibility index (Phi) is 2.86. The van der Waals surface area contributed by atoms with Gasteiger partial charge >= 0.3 is 0 Å². The fourth-order valence-corrected chi connectivity index (χ4v) is 2.90. The van der Waals surface area contributed by atoms with Crippen molar-refractivity contribution in [3.8, 4) is 0 Å². The fourth-order valence-electron chi connectivity index (χ4n) is 2.90. The summed E-state index contributed by atoms with van der Waals surface area (Å²) < 4.78 is 0. The zero-order valence-electron chi connectivity index (χ0n) is 7.97. The van der Waals surface area contributed by atoms with E-state index in [-0.39, 0.29) is 0 Å². The van der Waals surface area contributed by atoms with Gasteiger partial charge in [-0.05, 0) is 37.5 Å². The van der Waals surface area contributed by atoms with Crippen molar-refractivity contribution < 1.29 is 0 Å². The lowest BCUT2D eigenvalue weighted by Gasteiger charge is -2.32. The van der Waals surface area contributed by atoms with Crippen LogP contribution in [0.15, 0.2) is 12.2 Å². The second kappa shape index (κ2) is 4.11. The van der Waals surface area contributed by atoms with Gasteiger partial charge in [-0.25, -0.2) is 0 Å². The highest BCUT2D eigenvalue weighted by atomic mass is 14.3. The Morgan fingerprint density at radius 2 is 1.17 bits per heavy atom. The zero-order valence-corrected chi connectivity index (χ0v) is 7.97. The Morgan fingerprint density at radius 3 is 1.67 bits per heavy atom. The van der Waals surface area contributed by atoms with Crippen LogP contribution in [0.3, 0.4) is 0 Å². The number of hydrogen-bond acceptors (Lipinski definition) is 0. The number of allylic oxidation sites excluding steroid dienone is 2. The van der Waals surface area contributed by atoms with Crippen molar-refractivity contribution in [1.82, 2.24) is 0 Å². The van der Waals surface area contributed by atoms with E-state index < -0.39 is 0 Å². The van der Waals surface area contributed by atoms with E-state index in [2.05, 4.69) is 12.2 Å². The number of hydrogen-bond donors (Lipinski definition) is 0. The van der Waals surface area contributed by atoms with Gasteiger partial charge in [-0.1, -0.05) is 37.8 Å². The van der Waals surface area contributed by atoms with Crippen LogP contribution in [0.2, 0.25) is 0 Å². The van der Waals surface area contributed by atoms with Crippen molar-refractivity contribution in [2.45, 2.75) is 51.4 Å². The molecule has 2 atom stereocenters. The molecule has 0 radical (unpaired) electrons. The predicted octanol–water partition coefficient (Wildman–Crippen LogP) is 3.92. The molecule has 1 saturated carbocycles. The van der Waals surface area contributed by atoms with Crippen LogP contribution in [0.5, 0.6) is 0 Å². The van der Waals surface area contributed by atoms with Gasteiger partial charge in [0, 0.05) is 0 Å². The molecular weight excluding hydrogens is 144 g/mol. The third-order valence-electron chi connectivity index (χ3n) is 3.64. The Hall–Kier alpha value is -0.260. The molecule has 0 bridgehead atoms. The quantitative estimate of drug-likeness (QED) is 0.476. The molecule has 0 amide bonds. The molecule has 2 rings (SSSR count). The first kappa shape index (κ1) is 8.34. The Morgan fingerprint density at radius 1 is 0.667 bits per heavy atom. The van der Waals surface area contributed by atoms with E-state index in [0.717, 1.165) is 11.8 Å². The summed E-state index contributed by atoms with van der Waals surface area (Å²) in [5.74, 6) is 2.17. The van der Waals surface area contributed by atoms with Crippen molar-refractivity contribution in [2.24, 2.45) is 11.8 Å². The van der Waals surface area contributed by atoms with Crippen LogP contribution in [-0.4, -0.2) is 0 Å². The molecule has 0 aromatic heterocycles. The molecule has 12 heavy (non-hydrogen) atoms. The minimum Gasteiger partial charge on any atom is -0.0885 e. The first-order chi connectivity index (χ1) is 5.97. The largest absolute Gasteiger partial charge is 0.0885 e. The van der Waals surface area contributed by atoms with Crippen LogP contribution >= 0.6 is 0 Å². The van der Waals surface area contributed by atoms with Gasteiger partial charge in [0.05, 0.1) is 0 Å². The molecule has 68 valence electrons. The number of rotatable bonds is 0. The average molecular weight is 164 g/mol. The second-order valence-corrected chi connectivity index (χ2v) is 4.43. The Labute approximate surface area is 76.1 Å². The topological polar surface area (TPSA) is 0 Å². The van der Waals surface area contributed by atoms with E-state index in [9.17, 15) is 0 Å². The molecule has 0 aromatic carbocycles. The fraction of sp³-hybridized carbons (Fsp3) is 0.833. The molecule has 1 fully saturated rings. The predicted molar refractivity (Wildman–Crippen MR) is 53.1 cm³/mol. The van der Waals surface area contributed by atoms with E-state index in [0.29, 0.717) is 0 Å². The summed E-state index contributed by atoms with van der Waals surface area (Å²) in [4.78, 5) is 0. The van der Waals surface area contributed by atoms with Crippen LogP contribution in [-0.2, 0) is 0 Å². The molecule has 0 saturated heterocycles. The van der Waals surface area contributed by atoms with Gasteiger partial charge in [0.1, 0.15) is 0 Å². The number of fused-ring (bicyclic) bond motifs is 1. The Bertz CT molecular complexity index is 139. The average Bonchev–Trinajstić information content (AvgIpc) is 2.06. The van der Waals surface area contributed by atoms with E-state index in [1.165, 1.54) is 51.4 Å². The maximum Gasteiger partial charge on any atom is -0.0348 e. The van der Waals surface area contributed by atoms with E-state index in [1.54, 1.807) is 0 Å². The highest BCUT2D eigenvalue weighted by molar-refractivity contribution is 4.88. The summed E-state index contributed by atoms with van der Waals surface area (Å²) in [5, 5.41) is 0. The van der Waals surface area contributed by atoms with Gasteiger partial charge in [0.25, 0.3) is 0 Å². The molecule has 0 nitrogen and oxygen atoms in total. The van der Waals surface area contributed by atoms with Gasteiger partial charge in [-0.15, -0.1) is 0 Å². The third-order valence-corrected chi connectivity index (χ3v) is 3.64. The molecule has 0 heterocycles. The summed E-state index contributed by atoms with van der Waals surface area (Å²) in [6, 6.07) is 0. The minimum atomic E-state index is 1.09. The van der Waals surface area contributed by atoms with Crippen LogP contribution in [0.1, 0.15) is 51.4 Å². The van der Waals surface area contributed by atoms with Gasteiger partial charge in [0.15, 0.2) is 0 Å². The van der Waals surface area contributed by atoms with Crippen LogP contribution in [0, 0.1) is 11.8 Å². The SMILES string of the molecule is C1=C\CCC2CCCCC2CC/1. The Balaban J connectivity index is 1.95. The van der Waals surface area contributed by atoms with Crippen molar-refractivity contribution in [3.05, 3.63) is 12.2 Å². The molecule has 2 aliphatic rings. The van der Waals surface area contributed by atoms with Crippen LogP contribution in [0.25, 0.3) is 0 Å². The second-order valence-electron chi connectivity index (χ2n) is 4.43. The molecule has 2 unspecified atom stereocenters. The van der Waals surface area contributed by atoms with Gasteiger partial charge in [-0.3, -0.25) is 0 Å². The maximum atomic E-state index is 2.39. The van der Waals surface area contributed by atoms with Crippen molar-refractivity contribution in [3.63, 3.8) is 0 Å². The van der Waals surface area contributed by atoms with E-state index in [1.807, 2.05) is 0 Å². The van der Waals surface area contributed by atoms with Gasteiger partial charge in [0.2, 0.25) is 0 Å². The van der Waals surface area contributed by atoms with Crippen molar-refractivity contribution in [1.29, 1.82) is 0 Å². The lowest BCUT2D eigenvalue weighted by molar-refractivity contribution is 0.211. The zero-order chi connectivity index (χ0) is 8.23. The minimum absolute atomic E-state index is 1.09. The molecule has 0 N–H and O–H groups in total. The molecule has 0 aromatic rings. The normalized spacial score (nSPS) is 39.3. The van der Waals surface area contributed by atoms with Crippen LogP contribution < -0.4 is 0 Å². The lowest BCUT2D eigenvalue weighted by Crippen LogP contribution is -2.19. The van der Waals surface area contributed by atoms with E-state index >= 15 is 0 Å². The maximum absolute atomic E-state index is 2.39. The van der Waals surface area contributed by atoms with Gasteiger partial charge in [-0.2, -0.15) is 0 Å². The first-order valence-corrected chi connectivity index (χ1v) is 5.62. The summed E-state index contributed by atoms with van der Waals surface area (Å²) in [6.45, 7) is 0. The lowest BCUT2D eigenvalue weighted by atomic mass is 9.74.